The van der Waals surface area contributed by atoms with E-state index in [9.17, 15) is 18.0 Å². The fourth-order valence-electron chi connectivity index (χ4n) is 2.27. The van der Waals surface area contributed by atoms with Gasteiger partial charge in [0.1, 0.15) is 5.75 Å². The zero-order valence-electron chi connectivity index (χ0n) is 11.6. The van der Waals surface area contributed by atoms with Crippen LogP contribution in [0.15, 0.2) is 18.2 Å². The number of esters is 1. The van der Waals surface area contributed by atoms with Gasteiger partial charge < -0.3 is 14.4 Å². The average molecular weight is 303 g/mol. The van der Waals surface area contributed by atoms with Gasteiger partial charge in [-0.15, -0.1) is 13.2 Å². The van der Waals surface area contributed by atoms with Crippen LogP contribution in [0.25, 0.3) is 0 Å². The molecule has 0 atom stereocenters. The molecule has 21 heavy (non-hydrogen) atoms. The molecule has 116 valence electrons. The molecule has 0 aliphatic carbocycles. The number of benzene rings is 1. The Hall–Kier alpha value is -1.92. The van der Waals surface area contributed by atoms with Crippen molar-refractivity contribution < 1.29 is 27.4 Å². The van der Waals surface area contributed by atoms with Gasteiger partial charge in [0.15, 0.2) is 0 Å². The van der Waals surface area contributed by atoms with Crippen LogP contribution in [0.1, 0.15) is 30.1 Å². The summed E-state index contributed by atoms with van der Waals surface area (Å²) in [6.45, 7) is 3.28. The van der Waals surface area contributed by atoms with Gasteiger partial charge in [0.2, 0.25) is 0 Å². The lowest BCUT2D eigenvalue weighted by Gasteiger charge is -2.20. The van der Waals surface area contributed by atoms with E-state index >= 15 is 0 Å². The summed E-state index contributed by atoms with van der Waals surface area (Å²) in [6, 6.07) is 3.87. The number of rotatable bonds is 4. The molecule has 1 aliphatic rings. The molecule has 1 fully saturated rings. The Morgan fingerprint density at radius 2 is 1.90 bits per heavy atom. The Kier molecular flexibility index (Phi) is 4.59. The van der Waals surface area contributed by atoms with Gasteiger partial charge in [0.25, 0.3) is 0 Å². The third kappa shape index (κ3) is 4.27. The molecule has 0 unspecified atom stereocenters. The van der Waals surface area contributed by atoms with E-state index in [-0.39, 0.29) is 12.2 Å². The third-order valence-corrected chi connectivity index (χ3v) is 3.11. The monoisotopic (exact) mass is 303 g/mol. The normalized spacial score (nSPS) is 15.1. The number of anilines is 1. The second-order valence-electron chi connectivity index (χ2n) is 4.68. The largest absolute Gasteiger partial charge is 0.573 e. The van der Waals surface area contributed by atoms with E-state index in [0.717, 1.165) is 32.0 Å². The molecule has 0 spiro atoms. The second-order valence-corrected chi connectivity index (χ2v) is 4.68. The molecule has 1 heterocycles. The summed E-state index contributed by atoms with van der Waals surface area (Å²) in [7, 11) is 0. The van der Waals surface area contributed by atoms with Crippen molar-refractivity contribution in [1.29, 1.82) is 0 Å². The smallest absolute Gasteiger partial charge is 0.462 e. The predicted octanol–water partition coefficient (Wildman–Crippen LogP) is 3.36. The maximum atomic E-state index is 12.4. The Balaban J connectivity index is 2.33. The van der Waals surface area contributed by atoms with Crippen LogP contribution in [0, 0.1) is 0 Å². The number of halogens is 3. The van der Waals surface area contributed by atoms with Gasteiger partial charge in [-0.25, -0.2) is 4.79 Å². The van der Waals surface area contributed by atoms with Gasteiger partial charge in [0.05, 0.1) is 12.2 Å². The molecular weight excluding hydrogens is 287 g/mol. The summed E-state index contributed by atoms with van der Waals surface area (Å²) in [4.78, 5) is 13.7. The summed E-state index contributed by atoms with van der Waals surface area (Å²) in [6.07, 6.45) is -2.85. The number of ether oxygens (including phenoxy) is 2. The zero-order chi connectivity index (χ0) is 15.5. The van der Waals surface area contributed by atoms with Crippen molar-refractivity contribution in [2.24, 2.45) is 0 Å². The molecule has 1 saturated heterocycles. The number of nitrogens with zero attached hydrogens (tertiary/aromatic N) is 1. The first-order valence-electron chi connectivity index (χ1n) is 6.72. The number of carbonyl (C=O) groups is 1. The molecular formula is C14H16F3NO3. The van der Waals surface area contributed by atoms with Crippen molar-refractivity contribution in [3.63, 3.8) is 0 Å². The Morgan fingerprint density at radius 3 is 2.48 bits per heavy atom. The molecule has 7 heteroatoms. The highest BCUT2D eigenvalue weighted by Crippen LogP contribution is 2.30. The highest BCUT2D eigenvalue weighted by atomic mass is 19.4. The minimum atomic E-state index is -4.80. The maximum absolute atomic E-state index is 12.4. The van der Waals surface area contributed by atoms with Gasteiger partial charge in [-0.2, -0.15) is 0 Å². The van der Waals surface area contributed by atoms with E-state index in [1.165, 1.54) is 12.1 Å². The Labute approximate surface area is 120 Å². The van der Waals surface area contributed by atoms with Crippen molar-refractivity contribution in [2.45, 2.75) is 26.1 Å². The lowest BCUT2D eigenvalue weighted by molar-refractivity contribution is -0.274. The number of hydrogen-bond donors (Lipinski definition) is 0. The molecule has 0 amide bonds. The van der Waals surface area contributed by atoms with Gasteiger partial charge in [-0.1, -0.05) is 0 Å². The van der Waals surface area contributed by atoms with Crippen molar-refractivity contribution in [2.75, 3.05) is 24.6 Å². The molecule has 0 radical (unpaired) electrons. The third-order valence-electron chi connectivity index (χ3n) is 3.11. The van der Waals surface area contributed by atoms with Crippen molar-refractivity contribution >= 4 is 11.7 Å². The van der Waals surface area contributed by atoms with Crippen molar-refractivity contribution in [1.82, 2.24) is 0 Å². The molecule has 1 aromatic carbocycles. The first kappa shape index (κ1) is 15.5. The van der Waals surface area contributed by atoms with Crippen molar-refractivity contribution in [3.05, 3.63) is 23.8 Å². The van der Waals surface area contributed by atoms with Crippen LogP contribution in [0.2, 0.25) is 0 Å². The van der Waals surface area contributed by atoms with Gasteiger partial charge in [-0.05, 0) is 31.9 Å². The standard InChI is InChI=1S/C14H16F3NO3/c1-2-20-13(19)10-7-11(18-5-3-4-6-18)9-12(8-10)21-14(15,16)17/h7-9H,2-6H2,1H3. The van der Waals surface area contributed by atoms with E-state index < -0.39 is 18.1 Å². The van der Waals surface area contributed by atoms with Crippen LogP contribution in [-0.4, -0.2) is 32.0 Å². The highest BCUT2D eigenvalue weighted by molar-refractivity contribution is 5.91. The fourth-order valence-corrected chi connectivity index (χ4v) is 2.27. The topological polar surface area (TPSA) is 38.8 Å². The maximum Gasteiger partial charge on any atom is 0.573 e. The Morgan fingerprint density at radius 1 is 1.24 bits per heavy atom. The minimum Gasteiger partial charge on any atom is -0.462 e. The lowest BCUT2D eigenvalue weighted by Crippen LogP contribution is -2.20. The first-order valence-corrected chi connectivity index (χ1v) is 6.72. The second kappa shape index (κ2) is 6.24. The minimum absolute atomic E-state index is 0.0560. The van der Waals surface area contributed by atoms with Crippen LogP contribution in [0.5, 0.6) is 5.75 Å². The van der Waals surface area contributed by atoms with E-state index in [2.05, 4.69) is 4.74 Å². The summed E-state index contributed by atoms with van der Waals surface area (Å²) in [5, 5.41) is 0. The van der Waals surface area contributed by atoms with Crippen LogP contribution < -0.4 is 9.64 Å². The van der Waals surface area contributed by atoms with Crippen molar-refractivity contribution in [3.8, 4) is 5.75 Å². The summed E-state index contributed by atoms with van der Waals surface area (Å²) in [5.41, 5.74) is 0.595. The van der Waals surface area contributed by atoms with Crippen LogP contribution in [0.4, 0.5) is 18.9 Å². The van der Waals surface area contributed by atoms with Gasteiger partial charge in [-0.3, -0.25) is 0 Å². The molecule has 1 aliphatic heterocycles. The molecule has 2 rings (SSSR count). The molecule has 1 aromatic rings. The lowest BCUT2D eigenvalue weighted by atomic mass is 10.1. The zero-order valence-corrected chi connectivity index (χ0v) is 11.6. The predicted molar refractivity (Wildman–Crippen MR) is 70.5 cm³/mol. The summed E-state index contributed by atoms with van der Waals surface area (Å²) in [5.74, 6) is -1.07. The van der Waals surface area contributed by atoms with Crippen LogP contribution >= 0.6 is 0 Å². The molecule has 4 nitrogen and oxygen atoms in total. The van der Waals surface area contributed by atoms with Gasteiger partial charge in [0, 0.05) is 24.8 Å². The molecule has 0 N–H and O–H groups in total. The summed E-state index contributed by atoms with van der Waals surface area (Å²) < 4.78 is 45.9. The summed E-state index contributed by atoms with van der Waals surface area (Å²) >= 11 is 0. The van der Waals surface area contributed by atoms with Gasteiger partial charge >= 0.3 is 12.3 Å². The van der Waals surface area contributed by atoms with E-state index in [1.807, 2.05) is 4.90 Å². The molecule has 0 saturated carbocycles. The van der Waals surface area contributed by atoms with E-state index in [1.54, 1.807) is 6.92 Å². The quantitative estimate of drug-likeness (QED) is 0.800. The highest BCUT2D eigenvalue weighted by Gasteiger charge is 2.32. The molecule has 0 aromatic heterocycles. The first-order chi connectivity index (χ1) is 9.89. The van der Waals surface area contributed by atoms with E-state index in [0.29, 0.717) is 5.69 Å². The number of alkyl halides is 3. The Bertz CT molecular complexity index is 511. The van der Waals surface area contributed by atoms with E-state index in [4.69, 9.17) is 4.74 Å². The van der Waals surface area contributed by atoms with Crippen LogP contribution in [0.3, 0.4) is 0 Å². The average Bonchev–Trinajstić information content (AvgIpc) is 2.90. The SMILES string of the molecule is CCOC(=O)c1cc(OC(F)(F)F)cc(N2CCCC2)c1. The number of hydrogen-bond acceptors (Lipinski definition) is 4. The fraction of sp³-hybridized carbons (Fsp3) is 0.500. The van der Waals surface area contributed by atoms with Crippen LogP contribution in [-0.2, 0) is 4.74 Å². The number of carbonyl (C=O) groups excluding carboxylic acids is 1. The molecule has 0 bridgehead atoms.